The Kier molecular flexibility index (Phi) is 3.52. The lowest BCUT2D eigenvalue weighted by atomic mass is 10.0. The van der Waals surface area contributed by atoms with Gasteiger partial charge in [0.2, 0.25) is 0 Å². The lowest BCUT2D eigenvalue weighted by Gasteiger charge is -2.27. The molecule has 0 unspecified atom stereocenters. The third-order valence-electron chi connectivity index (χ3n) is 4.47. The maximum atomic E-state index is 5.76. The van der Waals surface area contributed by atoms with Crippen LogP contribution in [0, 0.1) is 0 Å². The fraction of sp³-hybridized carbons (Fsp3) is 0.412. The molecule has 22 heavy (non-hydrogen) atoms. The zero-order valence-corrected chi connectivity index (χ0v) is 12.7. The minimum absolute atomic E-state index is 0.759. The highest BCUT2D eigenvalue weighted by atomic mass is 16.5. The van der Waals surface area contributed by atoms with Gasteiger partial charge in [-0.3, -0.25) is 0 Å². The van der Waals surface area contributed by atoms with Crippen molar-refractivity contribution in [2.75, 3.05) is 39.8 Å². The molecule has 0 radical (unpaired) electrons. The van der Waals surface area contributed by atoms with Crippen molar-refractivity contribution >= 4 is 21.9 Å². The Hall–Kier alpha value is -1.98. The van der Waals surface area contributed by atoms with E-state index >= 15 is 0 Å². The summed E-state index contributed by atoms with van der Waals surface area (Å²) in [6.45, 7) is 5.38. The Morgan fingerprint density at radius 2 is 1.82 bits per heavy atom. The molecule has 0 spiro atoms. The predicted octanol–water partition coefficient (Wildman–Crippen LogP) is 2.64. The van der Waals surface area contributed by atoms with Crippen LogP contribution in [0.3, 0.4) is 0 Å². The van der Waals surface area contributed by atoms with Crippen molar-refractivity contribution in [1.29, 1.82) is 0 Å². The molecule has 5 heteroatoms. The molecule has 116 valence electrons. The predicted molar refractivity (Wildman–Crippen MR) is 85.6 cm³/mol. The number of benzene rings is 1. The quantitative estimate of drug-likeness (QED) is 0.802. The second-order valence-electron chi connectivity index (χ2n) is 5.68. The van der Waals surface area contributed by atoms with E-state index < -0.39 is 0 Å². The van der Waals surface area contributed by atoms with Crippen LogP contribution in [0.2, 0.25) is 0 Å². The molecule has 1 aliphatic rings. The summed E-state index contributed by atoms with van der Waals surface area (Å²) in [5.41, 5.74) is 2.94. The molecule has 1 aromatic carbocycles. The number of ether oxygens (including phenoxy) is 1. The van der Waals surface area contributed by atoms with Crippen molar-refractivity contribution in [2.24, 2.45) is 0 Å². The first kappa shape index (κ1) is 13.7. The largest absolute Gasteiger partial charge is 0.492 e. The van der Waals surface area contributed by atoms with Crippen LogP contribution in [0.25, 0.3) is 21.9 Å². The smallest absolute Gasteiger partial charge is 0.176 e. The van der Waals surface area contributed by atoms with Gasteiger partial charge in [-0.25, -0.2) is 0 Å². The summed E-state index contributed by atoms with van der Waals surface area (Å²) in [5, 5.41) is 5.47. The fourth-order valence-electron chi connectivity index (χ4n) is 3.34. The van der Waals surface area contributed by atoms with E-state index in [1.807, 2.05) is 12.1 Å². The Morgan fingerprint density at radius 3 is 2.59 bits per heavy atom. The molecule has 4 rings (SSSR count). The average Bonchev–Trinajstić information content (AvgIpc) is 3.21. The molecule has 0 saturated carbocycles. The van der Waals surface area contributed by atoms with Crippen LogP contribution in [-0.2, 0) is 6.42 Å². The summed E-state index contributed by atoms with van der Waals surface area (Å²) in [6.07, 6.45) is 4.39. The van der Waals surface area contributed by atoms with Gasteiger partial charge < -0.3 is 23.8 Å². The number of furan rings is 2. The molecule has 1 aliphatic heterocycles. The van der Waals surface area contributed by atoms with E-state index in [2.05, 4.69) is 10.2 Å². The van der Waals surface area contributed by atoms with Gasteiger partial charge in [-0.2, -0.15) is 0 Å². The summed E-state index contributed by atoms with van der Waals surface area (Å²) in [7, 11) is 1.67. The van der Waals surface area contributed by atoms with E-state index in [4.69, 9.17) is 13.6 Å². The first-order valence-electron chi connectivity index (χ1n) is 7.75. The molecule has 0 atom stereocenters. The molecule has 2 aromatic heterocycles. The van der Waals surface area contributed by atoms with Gasteiger partial charge in [0.1, 0.15) is 5.58 Å². The van der Waals surface area contributed by atoms with E-state index in [0.717, 1.165) is 66.8 Å². The Balaban J connectivity index is 1.74. The number of piperazine rings is 1. The SMILES string of the molecule is COc1c2ccoc2c(CCN2CCNCC2)c2ccoc12. The molecule has 5 nitrogen and oxygen atoms in total. The third-order valence-corrected chi connectivity index (χ3v) is 4.47. The van der Waals surface area contributed by atoms with E-state index in [9.17, 15) is 0 Å². The van der Waals surface area contributed by atoms with E-state index in [1.165, 1.54) is 5.56 Å². The molecule has 0 amide bonds. The number of nitrogens with one attached hydrogen (secondary N) is 1. The van der Waals surface area contributed by atoms with Gasteiger partial charge in [0.25, 0.3) is 0 Å². The minimum Gasteiger partial charge on any atom is -0.492 e. The number of methoxy groups -OCH3 is 1. The first-order chi connectivity index (χ1) is 10.9. The summed E-state index contributed by atoms with van der Waals surface area (Å²) in [6, 6.07) is 3.96. The van der Waals surface area contributed by atoms with Crippen LogP contribution in [0.1, 0.15) is 5.56 Å². The van der Waals surface area contributed by atoms with Gasteiger partial charge in [-0.05, 0) is 18.6 Å². The topological polar surface area (TPSA) is 50.8 Å². The fourth-order valence-corrected chi connectivity index (χ4v) is 3.34. The molecular formula is C17H20N2O3. The van der Waals surface area contributed by atoms with Gasteiger partial charge in [0.15, 0.2) is 11.3 Å². The van der Waals surface area contributed by atoms with Crippen LogP contribution in [-0.4, -0.2) is 44.7 Å². The Labute approximate surface area is 128 Å². The van der Waals surface area contributed by atoms with Gasteiger partial charge in [0.05, 0.1) is 25.0 Å². The van der Waals surface area contributed by atoms with Crippen molar-refractivity contribution in [1.82, 2.24) is 10.2 Å². The zero-order valence-electron chi connectivity index (χ0n) is 12.7. The second kappa shape index (κ2) is 5.66. The van der Waals surface area contributed by atoms with Gasteiger partial charge in [-0.1, -0.05) is 0 Å². The molecule has 1 N–H and O–H groups in total. The van der Waals surface area contributed by atoms with Gasteiger partial charge in [-0.15, -0.1) is 0 Å². The monoisotopic (exact) mass is 300 g/mol. The molecule has 1 saturated heterocycles. The van der Waals surface area contributed by atoms with Crippen molar-refractivity contribution < 1.29 is 13.6 Å². The van der Waals surface area contributed by atoms with Crippen LogP contribution in [0.5, 0.6) is 5.75 Å². The Bertz CT molecular complexity index is 732. The van der Waals surface area contributed by atoms with Crippen molar-refractivity contribution in [3.8, 4) is 5.75 Å². The van der Waals surface area contributed by atoms with Crippen molar-refractivity contribution in [2.45, 2.75) is 6.42 Å². The van der Waals surface area contributed by atoms with Gasteiger partial charge in [0, 0.05) is 43.7 Å². The molecule has 1 fully saturated rings. The minimum atomic E-state index is 0.759. The molecule has 3 aromatic rings. The van der Waals surface area contributed by atoms with Crippen LogP contribution >= 0.6 is 0 Å². The highest BCUT2D eigenvalue weighted by Crippen LogP contribution is 2.39. The average molecular weight is 300 g/mol. The highest BCUT2D eigenvalue weighted by Gasteiger charge is 2.20. The lowest BCUT2D eigenvalue weighted by molar-refractivity contribution is 0.244. The standard InChI is InChI=1S/C17H20N2O3/c1-20-16-14-4-11-21-15(14)12(13-3-10-22-17(13)16)2-7-19-8-5-18-6-9-19/h3-4,10-11,18H,2,5-9H2,1H3. The second-order valence-corrected chi connectivity index (χ2v) is 5.68. The summed E-state index contributed by atoms with van der Waals surface area (Å²) in [5.74, 6) is 0.759. The summed E-state index contributed by atoms with van der Waals surface area (Å²) < 4.78 is 17.0. The lowest BCUT2D eigenvalue weighted by Crippen LogP contribution is -2.44. The molecule has 3 heterocycles. The number of fused-ring (bicyclic) bond motifs is 2. The first-order valence-corrected chi connectivity index (χ1v) is 7.75. The normalized spacial score (nSPS) is 16.6. The number of nitrogens with zero attached hydrogens (tertiary/aromatic N) is 1. The van der Waals surface area contributed by atoms with Crippen LogP contribution < -0.4 is 10.1 Å². The van der Waals surface area contributed by atoms with E-state index in [0.29, 0.717) is 0 Å². The molecule has 0 bridgehead atoms. The van der Waals surface area contributed by atoms with E-state index in [1.54, 1.807) is 19.6 Å². The maximum Gasteiger partial charge on any atom is 0.176 e. The van der Waals surface area contributed by atoms with Crippen LogP contribution in [0.15, 0.2) is 33.5 Å². The number of hydrogen-bond donors (Lipinski definition) is 1. The third kappa shape index (κ3) is 2.17. The van der Waals surface area contributed by atoms with Gasteiger partial charge >= 0.3 is 0 Å². The van der Waals surface area contributed by atoms with Crippen molar-refractivity contribution in [3.05, 3.63) is 30.2 Å². The Morgan fingerprint density at radius 1 is 1.09 bits per heavy atom. The summed E-state index contributed by atoms with van der Waals surface area (Å²) >= 11 is 0. The number of hydrogen-bond acceptors (Lipinski definition) is 5. The van der Waals surface area contributed by atoms with Crippen LogP contribution in [0.4, 0.5) is 0 Å². The van der Waals surface area contributed by atoms with E-state index in [-0.39, 0.29) is 0 Å². The maximum absolute atomic E-state index is 5.76. The molecule has 0 aliphatic carbocycles. The highest BCUT2D eigenvalue weighted by molar-refractivity contribution is 6.04. The summed E-state index contributed by atoms with van der Waals surface area (Å²) in [4.78, 5) is 2.49. The number of rotatable bonds is 4. The zero-order chi connectivity index (χ0) is 14.9. The molecular weight excluding hydrogens is 280 g/mol. The van der Waals surface area contributed by atoms with Crippen molar-refractivity contribution in [3.63, 3.8) is 0 Å².